The number of nitrogens with one attached hydrogen (secondary N) is 2. The van der Waals surface area contributed by atoms with Gasteiger partial charge in [0, 0.05) is 22.3 Å². The van der Waals surface area contributed by atoms with Crippen LogP contribution in [-0.2, 0) is 14.4 Å². The first-order chi connectivity index (χ1) is 16.2. The summed E-state index contributed by atoms with van der Waals surface area (Å²) >= 11 is 5.39. The van der Waals surface area contributed by atoms with Crippen LogP contribution in [0.3, 0.4) is 0 Å². The largest absolute Gasteiger partial charge is 0.394 e. The summed E-state index contributed by atoms with van der Waals surface area (Å²) in [6.07, 6.45) is 1.96. The molecule has 9 heteroatoms. The number of para-hydroxylation sites is 1. The van der Waals surface area contributed by atoms with Gasteiger partial charge in [-0.15, -0.1) is 11.8 Å². The number of hydrogen-bond acceptors (Lipinski definition) is 5. The Kier molecular flexibility index (Phi) is 7.37. The van der Waals surface area contributed by atoms with E-state index in [9.17, 15) is 19.5 Å². The van der Waals surface area contributed by atoms with Crippen molar-refractivity contribution in [3.05, 3.63) is 29.3 Å². The lowest BCUT2D eigenvalue weighted by Gasteiger charge is -2.37. The topological polar surface area (TPSA) is 98.7 Å². The van der Waals surface area contributed by atoms with Crippen LogP contribution >= 0.6 is 27.7 Å². The molecule has 186 valence electrons. The lowest BCUT2D eigenvalue weighted by molar-refractivity contribution is -0.142. The van der Waals surface area contributed by atoms with Gasteiger partial charge in [-0.1, -0.05) is 48.0 Å². The number of benzene rings is 1. The Balaban J connectivity index is 1.77. The number of nitrogens with zero attached hydrogens (tertiary/aromatic N) is 1. The average molecular weight is 553 g/mol. The van der Waals surface area contributed by atoms with E-state index in [0.717, 1.165) is 23.2 Å². The zero-order chi connectivity index (χ0) is 24.8. The molecule has 3 aliphatic rings. The van der Waals surface area contributed by atoms with Gasteiger partial charge in [-0.05, 0) is 44.2 Å². The van der Waals surface area contributed by atoms with E-state index in [-0.39, 0.29) is 34.4 Å². The van der Waals surface area contributed by atoms with Crippen LogP contribution in [0.2, 0.25) is 0 Å². The van der Waals surface area contributed by atoms with Gasteiger partial charge < -0.3 is 20.6 Å². The first-order valence-corrected chi connectivity index (χ1v) is 13.9. The number of aliphatic hydroxyl groups excluding tert-OH is 1. The van der Waals surface area contributed by atoms with Crippen molar-refractivity contribution in [2.24, 2.45) is 11.8 Å². The standard InChI is InChI=1S/C25H34BrN3O4S/c1-5-10-27-22(31)17-18-24(33)29(15(6-2)12-30)21(25(18)11-16(26)20(17)34-25)23(32)28-19-13(3)8-7-9-14(19)4/h7-9,15-18,20-21,30H,5-6,10-12H2,1-4H3,(H,27,31)(H,28,32)/t15-,16?,17+,18-,20+,21?,25?/m0/s1. The minimum atomic E-state index is -0.764. The molecule has 1 spiro atoms. The number of rotatable bonds is 8. The van der Waals surface area contributed by atoms with E-state index in [1.54, 1.807) is 16.7 Å². The van der Waals surface area contributed by atoms with Gasteiger partial charge in [0.15, 0.2) is 0 Å². The summed E-state index contributed by atoms with van der Waals surface area (Å²) in [5, 5.41) is 16.2. The van der Waals surface area contributed by atoms with E-state index in [0.29, 0.717) is 19.4 Å². The molecule has 0 aliphatic carbocycles. The van der Waals surface area contributed by atoms with Gasteiger partial charge in [0.2, 0.25) is 17.7 Å². The average Bonchev–Trinajstić information content (AvgIpc) is 3.39. The Morgan fingerprint density at radius 3 is 2.53 bits per heavy atom. The number of carbonyl (C=O) groups is 3. The second kappa shape index (κ2) is 9.82. The van der Waals surface area contributed by atoms with Gasteiger partial charge in [-0.2, -0.15) is 0 Å². The molecule has 3 saturated heterocycles. The van der Waals surface area contributed by atoms with Crippen molar-refractivity contribution in [2.75, 3.05) is 18.5 Å². The summed E-state index contributed by atoms with van der Waals surface area (Å²) in [5.74, 6) is -1.63. The second-order valence-electron chi connectivity index (χ2n) is 9.70. The van der Waals surface area contributed by atoms with Gasteiger partial charge >= 0.3 is 0 Å². The van der Waals surface area contributed by atoms with Gasteiger partial charge in [0.05, 0.1) is 29.2 Å². The predicted octanol–water partition coefficient (Wildman–Crippen LogP) is 3.00. The molecule has 0 radical (unpaired) electrons. The van der Waals surface area contributed by atoms with Crippen molar-refractivity contribution in [1.29, 1.82) is 0 Å². The molecule has 3 aliphatic heterocycles. The maximum absolute atomic E-state index is 14.0. The molecule has 7 atom stereocenters. The highest BCUT2D eigenvalue weighted by molar-refractivity contribution is 9.09. The van der Waals surface area contributed by atoms with Gasteiger partial charge in [-0.3, -0.25) is 14.4 Å². The summed E-state index contributed by atoms with van der Waals surface area (Å²) < 4.78 is -0.715. The molecular formula is C25H34BrN3O4S. The SMILES string of the molecule is CCCNC(=O)[C@H]1[C@@H]2SC3(CC2Br)C(C(=O)Nc2c(C)cccc2C)N([C@@H](CC)CO)C(=O)[C@H]13. The normalized spacial score (nSPS) is 32.6. The highest BCUT2D eigenvalue weighted by atomic mass is 79.9. The molecule has 1 aromatic rings. The van der Waals surface area contributed by atoms with Crippen molar-refractivity contribution in [3.63, 3.8) is 0 Å². The Morgan fingerprint density at radius 1 is 1.26 bits per heavy atom. The molecule has 3 N–H and O–H groups in total. The van der Waals surface area contributed by atoms with Gasteiger partial charge in [0.1, 0.15) is 6.04 Å². The number of aryl methyl sites for hydroxylation is 2. The fourth-order valence-electron chi connectivity index (χ4n) is 6.04. The highest BCUT2D eigenvalue weighted by Crippen LogP contribution is 2.68. The lowest BCUT2D eigenvalue weighted by Crippen LogP contribution is -2.55. The first kappa shape index (κ1) is 25.5. The lowest BCUT2D eigenvalue weighted by atomic mass is 9.70. The van der Waals surface area contributed by atoms with Crippen molar-refractivity contribution in [3.8, 4) is 0 Å². The van der Waals surface area contributed by atoms with Crippen LogP contribution in [0.1, 0.15) is 44.2 Å². The summed E-state index contributed by atoms with van der Waals surface area (Å²) in [6.45, 7) is 8.13. The van der Waals surface area contributed by atoms with E-state index in [4.69, 9.17) is 0 Å². The minimum absolute atomic E-state index is 0.0311. The van der Waals surface area contributed by atoms with E-state index in [2.05, 4.69) is 26.6 Å². The summed E-state index contributed by atoms with van der Waals surface area (Å²) in [7, 11) is 0. The van der Waals surface area contributed by atoms with E-state index in [1.165, 1.54) is 0 Å². The Morgan fingerprint density at radius 2 is 1.94 bits per heavy atom. The Hall–Kier alpha value is -1.58. The predicted molar refractivity (Wildman–Crippen MR) is 138 cm³/mol. The smallest absolute Gasteiger partial charge is 0.248 e. The molecule has 0 aromatic heterocycles. The molecule has 3 fully saturated rings. The molecule has 0 saturated carbocycles. The van der Waals surface area contributed by atoms with Crippen LogP contribution < -0.4 is 10.6 Å². The highest BCUT2D eigenvalue weighted by Gasteiger charge is 2.76. The third-order valence-corrected chi connectivity index (χ3v) is 10.9. The third kappa shape index (κ3) is 3.88. The molecule has 3 unspecified atom stereocenters. The summed E-state index contributed by atoms with van der Waals surface area (Å²) in [6, 6.07) is 4.60. The van der Waals surface area contributed by atoms with Crippen LogP contribution in [0.5, 0.6) is 0 Å². The van der Waals surface area contributed by atoms with E-state index < -0.39 is 28.7 Å². The van der Waals surface area contributed by atoms with Crippen LogP contribution in [0.4, 0.5) is 5.69 Å². The number of alkyl halides is 1. The summed E-state index contributed by atoms with van der Waals surface area (Å²) in [5.41, 5.74) is 2.65. The number of aliphatic hydroxyl groups is 1. The fraction of sp³-hybridized carbons (Fsp3) is 0.640. The number of likely N-dealkylation sites (tertiary alicyclic amines) is 1. The Labute approximate surface area is 213 Å². The number of amides is 3. The van der Waals surface area contributed by atoms with Crippen molar-refractivity contribution >= 4 is 51.1 Å². The van der Waals surface area contributed by atoms with E-state index in [1.807, 2.05) is 45.9 Å². The molecular weight excluding hydrogens is 518 g/mol. The van der Waals surface area contributed by atoms with Crippen molar-refractivity contribution < 1.29 is 19.5 Å². The number of anilines is 1. The summed E-state index contributed by atoms with van der Waals surface area (Å²) in [4.78, 5) is 42.8. The number of carbonyl (C=O) groups excluding carboxylic acids is 3. The fourth-order valence-corrected chi connectivity index (χ4v) is 9.64. The molecule has 4 rings (SSSR count). The molecule has 34 heavy (non-hydrogen) atoms. The zero-order valence-electron chi connectivity index (χ0n) is 20.1. The maximum Gasteiger partial charge on any atom is 0.248 e. The van der Waals surface area contributed by atoms with Crippen molar-refractivity contribution in [1.82, 2.24) is 10.2 Å². The molecule has 3 heterocycles. The van der Waals surface area contributed by atoms with Crippen LogP contribution in [0, 0.1) is 25.7 Å². The van der Waals surface area contributed by atoms with Gasteiger partial charge in [0.25, 0.3) is 0 Å². The molecule has 3 amide bonds. The second-order valence-corrected chi connectivity index (χ2v) is 12.4. The number of fused-ring (bicyclic) bond motifs is 1. The van der Waals surface area contributed by atoms with Crippen LogP contribution in [0.15, 0.2) is 18.2 Å². The molecule has 1 aromatic carbocycles. The van der Waals surface area contributed by atoms with Gasteiger partial charge in [-0.25, -0.2) is 0 Å². The molecule has 2 bridgehead atoms. The van der Waals surface area contributed by atoms with Crippen LogP contribution in [-0.4, -0.2) is 67.8 Å². The quantitative estimate of drug-likeness (QED) is 0.431. The number of halogens is 1. The third-order valence-electron chi connectivity index (χ3n) is 7.63. The minimum Gasteiger partial charge on any atom is -0.394 e. The molecule has 7 nitrogen and oxygen atoms in total. The Bertz CT molecular complexity index is 967. The first-order valence-electron chi connectivity index (χ1n) is 12.1. The number of thioether (sulfide) groups is 1. The van der Waals surface area contributed by atoms with Crippen LogP contribution in [0.25, 0.3) is 0 Å². The monoisotopic (exact) mass is 551 g/mol. The zero-order valence-corrected chi connectivity index (χ0v) is 22.5. The maximum atomic E-state index is 14.0. The van der Waals surface area contributed by atoms with Crippen molar-refractivity contribution in [2.45, 2.75) is 73.9 Å². The van der Waals surface area contributed by atoms with E-state index >= 15 is 0 Å². The number of hydrogen-bond donors (Lipinski definition) is 3.